The summed E-state index contributed by atoms with van der Waals surface area (Å²) in [5.74, 6) is 0. The minimum Gasteiger partial charge on any atom is -0.252 e. The second-order valence-electron chi connectivity index (χ2n) is 7.28. The van der Waals surface area contributed by atoms with Crippen molar-refractivity contribution in [3.63, 3.8) is 0 Å². The molecule has 0 N–H and O–H groups in total. The molecule has 0 fully saturated rings. The van der Waals surface area contributed by atoms with Gasteiger partial charge < -0.3 is 0 Å². The first kappa shape index (κ1) is 17.4. The van der Waals surface area contributed by atoms with Crippen molar-refractivity contribution >= 4 is 10.8 Å². The average molecular weight is 371 g/mol. The zero-order valence-electron chi connectivity index (χ0n) is 16.3. The van der Waals surface area contributed by atoms with E-state index in [9.17, 15) is 0 Å². The molecule has 0 radical (unpaired) electrons. The van der Waals surface area contributed by atoms with Gasteiger partial charge in [0.1, 0.15) is 0 Å². The number of rotatable bonds is 3. The molecule has 5 rings (SSSR count). The Morgan fingerprint density at radius 1 is 0.483 bits per heavy atom. The number of aryl methyl sites for hydroxylation is 1. The van der Waals surface area contributed by atoms with Crippen LogP contribution in [0.5, 0.6) is 0 Å². The van der Waals surface area contributed by atoms with E-state index in [0.717, 1.165) is 17.0 Å². The van der Waals surface area contributed by atoms with Crippen LogP contribution in [0.2, 0.25) is 0 Å². The van der Waals surface area contributed by atoms with Crippen LogP contribution in [0.4, 0.5) is 0 Å². The van der Waals surface area contributed by atoms with E-state index in [-0.39, 0.29) is 0 Å². The smallest absolute Gasteiger partial charge is 0.0789 e. The Morgan fingerprint density at radius 2 is 1.03 bits per heavy atom. The van der Waals surface area contributed by atoms with Crippen LogP contribution in [-0.2, 0) is 0 Å². The highest BCUT2D eigenvalue weighted by Crippen LogP contribution is 2.39. The molecule has 0 amide bonds. The number of hydrogen-bond donors (Lipinski definition) is 0. The standard InChI is InChI=1S/C28H21N/c1-20-25-18-17-24(21-11-5-2-6-12-21)19-26(25)27(22-13-7-3-8-14-22)28(29-20)23-15-9-4-10-16-23/h2-19H,1H3. The predicted octanol–water partition coefficient (Wildman–Crippen LogP) is 7.54. The number of nitrogens with zero attached hydrogens (tertiary/aromatic N) is 1. The summed E-state index contributed by atoms with van der Waals surface area (Å²) in [6.45, 7) is 2.10. The molecule has 29 heavy (non-hydrogen) atoms. The maximum atomic E-state index is 5.05. The molecule has 1 heteroatoms. The minimum atomic E-state index is 1.03. The normalized spacial score (nSPS) is 10.9. The van der Waals surface area contributed by atoms with Gasteiger partial charge >= 0.3 is 0 Å². The molecule has 0 aliphatic rings. The lowest BCUT2D eigenvalue weighted by Gasteiger charge is -2.16. The molecule has 4 aromatic carbocycles. The van der Waals surface area contributed by atoms with Crippen LogP contribution >= 0.6 is 0 Å². The van der Waals surface area contributed by atoms with Crippen LogP contribution < -0.4 is 0 Å². The lowest BCUT2D eigenvalue weighted by molar-refractivity contribution is 1.24. The van der Waals surface area contributed by atoms with Gasteiger partial charge in [-0.1, -0.05) is 103 Å². The molecule has 0 aliphatic heterocycles. The van der Waals surface area contributed by atoms with Crippen molar-refractivity contribution in [2.75, 3.05) is 0 Å². The Labute approximate surface area is 171 Å². The van der Waals surface area contributed by atoms with Gasteiger partial charge in [0.25, 0.3) is 0 Å². The van der Waals surface area contributed by atoms with E-state index in [1.807, 2.05) is 6.07 Å². The number of hydrogen-bond acceptors (Lipinski definition) is 1. The molecule has 0 spiro atoms. The lowest BCUT2D eigenvalue weighted by Crippen LogP contribution is -1.96. The summed E-state index contributed by atoms with van der Waals surface area (Å²) in [7, 11) is 0. The molecule has 0 saturated carbocycles. The van der Waals surface area contributed by atoms with E-state index >= 15 is 0 Å². The van der Waals surface area contributed by atoms with Crippen molar-refractivity contribution in [1.29, 1.82) is 0 Å². The molecule has 1 nitrogen and oxygen atoms in total. The predicted molar refractivity (Wildman–Crippen MR) is 123 cm³/mol. The lowest BCUT2D eigenvalue weighted by atomic mass is 9.91. The van der Waals surface area contributed by atoms with Crippen LogP contribution in [0, 0.1) is 6.92 Å². The third kappa shape index (κ3) is 3.21. The highest BCUT2D eigenvalue weighted by Gasteiger charge is 2.16. The maximum absolute atomic E-state index is 5.05. The Morgan fingerprint density at radius 3 is 1.66 bits per heavy atom. The number of pyridine rings is 1. The van der Waals surface area contributed by atoms with Gasteiger partial charge in [0.15, 0.2) is 0 Å². The van der Waals surface area contributed by atoms with Crippen LogP contribution in [0.1, 0.15) is 5.69 Å². The van der Waals surface area contributed by atoms with E-state index in [2.05, 4.69) is 110 Å². The van der Waals surface area contributed by atoms with Crippen molar-refractivity contribution < 1.29 is 0 Å². The number of benzene rings is 4. The summed E-state index contributed by atoms with van der Waals surface area (Å²) in [5.41, 5.74) is 8.06. The molecular formula is C28H21N. The Kier molecular flexibility index (Phi) is 4.42. The first-order valence-electron chi connectivity index (χ1n) is 9.92. The van der Waals surface area contributed by atoms with Gasteiger partial charge in [0.05, 0.1) is 5.69 Å². The maximum Gasteiger partial charge on any atom is 0.0789 e. The molecule has 1 heterocycles. The van der Waals surface area contributed by atoms with Crippen LogP contribution in [0.25, 0.3) is 44.3 Å². The quantitative estimate of drug-likeness (QED) is 0.319. The first-order chi connectivity index (χ1) is 14.3. The summed E-state index contributed by atoms with van der Waals surface area (Å²) >= 11 is 0. The van der Waals surface area contributed by atoms with Gasteiger partial charge in [-0.05, 0) is 35.1 Å². The van der Waals surface area contributed by atoms with Crippen molar-refractivity contribution in [1.82, 2.24) is 4.98 Å². The summed E-state index contributed by atoms with van der Waals surface area (Å²) in [6, 6.07) is 38.4. The Hall–Kier alpha value is -3.71. The molecule has 0 bridgehead atoms. The third-order valence-electron chi connectivity index (χ3n) is 5.41. The molecule has 0 aliphatic carbocycles. The van der Waals surface area contributed by atoms with Crippen molar-refractivity contribution in [2.45, 2.75) is 6.92 Å². The van der Waals surface area contributed by atoms with E-state index in [1.165, 1.54) is 33.0 Å². The number of aromatic nitrogens is 1. The molecule has 1 aromatic heterocycles. The average Bonchev–Trinajstić information content (AvgIpc) is 2.80. The van der Waals surface area contributed by atoms with Crippen LogP contribution in [0.3, 0.4) is 0 Å². The second kappa shape index (κ2) is 7.37. The van der Waals surface area contributed by atoms with Gasteiger partial charge in [-0.15, -0.1) is 0 Å². The third-order valence-corrected chi connectivity index (χ3v) is 5.41. The first-order valence-corrected chi connectivity index (χ1v) is 9.92. The zero-order chi connectivity index (χ0) is 19.6. The summed E-state index contributed by atoms with van der Waals surface area (Å²) in [5, 5.41) is 2.44. The van der Waals surface area contributed by atoms with Gasteiger partial charge in [0, 0.05) is 22.2 Å². The Bertz CT molecular complexity index is 1270. The van der Waals surface area contributed by atoms with Gasteiger partial charge in [-0.2, -0.15) is 0 Å². The largest absolute Gasteiger partial charge is 0.252 e. The minimum absolute atomic E-state index is 1.03. The van der Waals surface area contributed by atoms with Crippen molar-refractivity contribution in [3.05, 3.63) is 115 Å². The Balaban J connectivity index is 1.88. The summed E-state index contributed by atoms with van der Waals surface area (Å²) in [4.78, 5) is 5.05. The van der Waals surface area contributed by atoms with E-state index in [0.29, 0.717) is 0 Å². The molecular weight excluding hydrogens is 350 g/mol. The highest BCUT2D eigenvalue weighted by molar-refractivity contribution is 6.05. The van der Waals surface area contributed by atoms with Crippen LogP contribution in [0.15, 0.2) is 109 Å². The van der Waals surface area contributed by atoms with E-state index in [1.54, 1.807) is 0 Å². The number of fused-ring (bicyclic) bond motifs is 1. The SMILES string of the molecule is Cc1nc(-c2ccccc2)c(-c2ccccc2)c2cc(-c3ccccc3)ccc12. The van der Waals surface area contributed by atoms with E-state index < -0.39 is 0 Å². The van der Waals surface area contributed by atoms with Gasteiger partial charge in [-0.3, -0.25) is 4.98 Å². The van der Waals surface area contributed by atoms with Gasteiger partial charge in [-0.25, -0.2) is 0 Å². The summed E-state index contributed by atoms with van der Waals surface area (Å²) in [6.07, 6.45) is 0. The molecule has 138 valence electrons. The van der Waals surface area contributed by atoms with Crippen LogP contribution in [-0.4, -0.2) is 4.98 Å². The fourth-order valence-electron chi connectivity index (χ4n) is 3.99. The van der Waals surface area contributed by atoms with Gasteiger partial charge in [0.2, 0.25) is 0 Å². The fourth-order valence-corrected chi connectivity index (χ4v) is 3.99. The molecule has 0 atom stereocenters. The molecule has 5 aromatic rings. The zero-order valence-corrected chi connectivity index (χ0v) is 16.3. The highest BCUT2D eigenvalue weighted by atomic mass is 14.7. The summed E-state index contributed by atoms with van der Waals surface area (Å²) < 4.78 is 0. The second-order valence-corrected chi connectivity index (χ2v) is 7.28. The monoisotopic (exact) mass is 371 g/mol. The van der Waals surface area contributed by atoms with Crippen molar-refractivity contribution in [2.24, 2.45) is 0 Å². The molecule has 0 saturated heterocycles. The topological polar surface area (TPSA) is 12.9 Å². The molecule has 0 unspecified atom stereocenters. The van der Waals surface area contributed by atoms with E-state index in [4.69, 9.17) is 4.98 Å². The van der Waals surface area contributed by atoms with Crippen molar-refractivity contribution in [3.8, 4) is 33.5 Å². The fraction of sp³-hybridized carbons (Fsp3) is 0.0357.